The number of aldehydes is 1. The fourth-order valence-electron chi connectivity index (χ4n) is 1.30. The molecular formula is C13H14F2O4. The number of benzene rings is 1. The minimum Gasteiger partial charge on any atom is -0.461 e. The first-order valence-corrected chi connectivity index (χ1v) is 5.49. The minimum atomic E-state index is -1.97. The lowest BCUT2D eigenvalue weighted by Gasteiger charge is -2.10. The Balaban J connectivity index is 2.68. The average Bonchev–Trinajstić information content (AvgIpc) is 2.42. The fraction of sp³-hybridized carbons (Fsp3) is 0.308. The van der Waals surface area contributed by atoms with E-state index in [1.54, 1.807) is 0 Å². The summed E-state index contributed by atoms with van der Waals surface area (Å²) < 4.78 is 40.1. The zero-order valence-corrected chi connectivity index (χ0v) is 10.4. The molecule has 0 radical (unpaired) electrons. The molecule has 0 fully saturated rings. The Hall–Kier alpha value is -1.79. The molecule has 1 aromatic rings. The van der Waals surface area contributed by atoms with Gasteiger partial charge in [0.2, 0.25) is 0 Å². The van der Waals surface area contributed by atoms with Crippen LogP contribution < -0.4 is 0 Å². The molecule has 0 bridgehead atoms. The first kappa shape index (κ1) is 15.3. The van der Waals surface area contributed by atoms with Crippen LogP contribution in [-0.2, 0) is 14.2 Å². The molecule has 4 nitrogen and oxygen atoms in total. The molecule has 0 aliphatic heterocycles. The molecular weight excluding hydrogens is 258 g/mol. The molecule has 1 aromatic carbocycles. The lowest BCUT2D eigenvalue weighted by Crippen LogP contribution is -2.06. The molecule has 0 amide bonds. The summed E-state index contributed by atoms with van der Waals surface area (Å²) in [6.07, 6.45) is -1.40. The van der Waals surface area contributed by atoms with Gasteiger partial charge in [0.05, 0.1) is 13.2 Å². The topological polar surface area (TPSA) is 44.8 Å². The van der Waals surface area contributed by atoms with Crippen molar-refractivity contribution < 1.29 is 27.8 Å². The highest BCUT2D eigenvalue weighted by atomic mass is 19.3. The van der Waals surface area contributed by atoms with Gasteiger partial charge in [0.25, 0.3) is 0 Å². The van der Waals surface area contributed by atoms with Crippen LogP contribution in [0, 0.1) is 0 Å². The quantitative estimate of drug-likeness (QED) is 0.316. The van der Waals surface area contributed by atoms with Crippen molar-refractivity contribution >= 4 is 12.0 Å². The summed E-state index contributed by atoms with van der Waals surface area (Å²) in [5.74, 6) is -0.596. The molecule has 6 heteroatoms. The van der Waals surface area contributed by atoms with Gasteiger partial charge in [0.1, 0.15) is 6.29 Å². The SMILES string of the molecule is COCCOCOC(=C(F)F)c1cccc(C=O)c1. The zero-order valence-electron chi connectivity index (χ0n) is 10.4. The van der Waals surface area contributed by atoms with Crippen molar-refractivity contribution in [1.29, 1.82) is 0 Å². The van der Waals surface area contributed by atoms with Crippen LogP contribution in [0.3, 0.4) is 0 Å². The van der Waals surface area contributed by atoms with E-state index in [0.29, 0.717) is 18.5 Å². The van der Waals surface area contributed by atoms with E-state index in [4.69, 9.17) is 14.2 Å². The van der Waals surface area contributed by atoms with E-state index in [2.05, 4.69) is 0 Å². The van der Waals surface area contributed by atoms with Crippen LogP contribution in [0.5, 0.6) is 0 Å². The summed E-state index contributed by atoms with van der Waals surface area (Å²) in [4.78, 5) is 10.6. The predicted octanol–water partition coefficient (Wildman–Crippen LogP) is 2.70. The number of carbonyl (C=O) groups is 1. The van der Waals surface area contributed by atoms with E-state index in [1.807, 2.05) is 0 Å². The monoisotopic (exact) mass is 272 g/mol. The molecule has 0 unspecified atom stereocenters. The number of rotatable bonds is 8. The molecule has 1 rings (SSSR count). The second-order valence-electron chi connectivity index (χ2n) is 3.50. The second-order valence-corrected chi connectivity index (χ2v) is 3.50. The Morgan fingerprint density at radius 3 is 2.74 bits per heavy atom. The van der Waals surface area contributed by atoms with Crippen LogP contribution >= 0.6 is 0 Å². The highest BCUT2D eigenvalue weighted by Gasteiger charge is 2.11. The Morgan fingerprint density at radius 1 is 1.32 bits per heavy atom. The van der Waals surface area contributed by atoms with E-state index in [9.17, 15) is 13.6 Å². The smallest absolute Gasteiger partial charge is 0.312 e. The molecule has 0 heterocycles. The van der Waals surface area contributed by atoms with Crippen LogP contribution in [0.15, 0.2) is 30.3 Å². The molecule has 0 N–H and O–H groups in total. The Morgan fingerprint density at radius 2 is 2.11 bits per heavy atom. The van der Waals surface area contributed by atoms with Crippen molar-refractivity contribution in [2.24, 2.45) is 0 Å². The van der Waals surface area contributed by atoms with Crippen molar-refractivity contribution in [3.63, 3.8) is 0 Å². The van der Waals surface area contributed by atoms with Crippen molar-refractivity contribution in [2.75, 3.05) is 27.1 Å². The molecule has 19 heavy (non-hydrogen) atoms. The highest BCUT2D eigenvalue weighted by molar-refractivity contribution is 5.77. The number of carbonyl (C=O) groups excluding carboxylic acids is 1. The maximum Gasteiger partial charge on any atom is 0.312 e. The van der Waals surface area contributed by atoms with Crippen LogP contribution in [0.4, 0.5) is 8.78 Å². The lowest BCUT2D eigenvalue weighted by atomic mass is 10.1. The second kappa shape index (κ2) is 8.34. The largest absolute Gasteiger partial charge is 0.461 e. The molecule has 0 spiro atoms. The first-order chi connectivity index (χ1) is 9.19. The Kier molecular flexibility index (Phi) is 6.70. The molecule has 0 aliphatic carbocycles. The fourth-order valence-corrected chi connectivity index (χ4v) is 1.30. The summed E-state index contributed by atoms with van der Waals surface area (Å²) in [5, 5.41) is 0. The third-order valence-corrected chi connectivity index (χ3v) is 2.17. The van der Waals surface area contributed by atoms with Gasteiger partial charge in [-0.2, -0.15) is 8.78 Å². The van der Waals surface area contributed by atoms with E-state index in [0.717, 1.165) is 0 Å². The van der Waals surface area contributed by atoms with E-state index in [1.165, 1.54) is 31.4 Å². The van der Waals surface area contributed by atoms with Gasteiger partial charge in [-0.3, -0.25) is 4.79 Å². The third-order valence-electron chi connectivity index (χ3n) is 2.17. The van der Waals surface area contributed by atoms with Gasteiger partial charge in [-0.15, -0.1) is 0 Å². The van der Waals surface area contributed by atoms with Crippen LogP contribution in [0.25, 0.3) is 5.76 Å². The van der Waals surface area contributed by atoms with E-state index < -0.39 is 11.8 Å². The summed E-state index contributed by atoms with van der Waals surface area (Å²) >= 11 is 0. The first-order valence-electron chi connectivity index (χ1n) is 5.49. The van der Waals surface area contributed by atoms with Gasteiger partial charge in [0.15, 0.2) is 12.6 Å². The summed E-state index contributed by atoms with van der Waals surface area (Å²) in [5.41, 5.74) is 0.417. The number of hydrogen-bond acceptors (Lipinski definition) is 4. The van der Waals surface area contributed by atoms with Gasteiger partial charge in [-0.25, -0.2) is 0 Å². The highest BCUT2D eigenvalue weighted by Crippen LogP contribution is 2.22. The number of hydrogen-bond donors (Lipinski definition) is 0. The lowest BCUT2D eigenvalue weighted by molar-refractivity contribution is -0.0236. The molecule has 0 aliphatic rings. The van der Waals surface area contributed by atoms with Crippen molar-refractivity contribution in [3.05, 3.63) is 41.5 Å². The molecule has 104 valence electrons. The molecule has 0 aromatic heterocycles. The Bertz CT molecular complexity index is 442. The predicted molar refractivity (Wildman–Crippen MR) is 64.7 cm³/mol. The molecule has 0 saturated heterocycles. The van der Waals surface area contributed by atoms with E-state index in [-0.39, 0.29) is 19.0 Å². The van der Waals surface area contributed by atoms with Gasteiger partial charge in [-0.1, -0.05) is 18.2 Å². The average molecular weight is 272 g/mol. The summed E-state index contributed by atoms with van der Waals surface area (Å²) in [6, 6.07) is 5.75. The maximum atomic E-state index is 12.8. The van der Waals surface area contributed by atoms with Crippen LogP contribution in [-0.4, -0.2) is 33.4 Å². The summed E-state index contributed by atoms with van der Waals surface area (Å²) in [7, 11) is 1.50. The van der Waals surface area contributed by atoms with Gasteiger partial charge in [-0.05, 0) is 6.07 Å². The number of ether oxygens (including phenoxy) is 3. The standard InChI is InChI=1S/C13H14F2O4/c1-17-5-6-18-9-19-12(13(14)15)11-4-2-3-10(7-11)8-16/h2-4,7-8H,5-6,9H2,1H3. The molecule has 0 saturated carbocycles. The Labute approximate surface area is 109 Å². The van der Waals surface area contributed by atoms with Gasteiger partial charge >= 0.3 is 6.08 Å². The van der Waals surface area contributed by atoms with Crippen molar-refractivity contribution in [2.45, 2.75) is 0 Å². The normalized spacial score (nSPS) is 10.1. The van der Waals surface area contributed by atoms with Crippen molar-refractivity contribution in [1.82, 2.24) is 0 Å². The number of methoxy groups -OCH3 is 1. The minimum absolute atomic E-state index is 0.125. The van der Waals surface area contributed by atoms with Crippen LogP contribution in [0.1, 0.15) is 15.9 Å². The maximum absolute atomic E-state index is 12.8. The van der Waals surface area contributed by atoms with Crippen molar-refractivity contribution in [3.8, 4) is 0 Å². The third kappa shape index (κ3) is 5.15. The zero-order chi connectivity index (χ0) is 14.1. The van der Waals surface area contributed by atoms with E-state index >= 15 is 0 Å². The summed E-state index contributed by atoms with van der Waals surface area (Å²) in [6.45, 7) is 0.272. The number of halogens is 2. The van der Waals surface area contributed by atoms with Gasteiger partial charge in [0, 0.05) is 18.2 Å². The van der Waals surface area contributed by atoms with Gasteiger partial charge < -0.3 is 14.2 Å². The molecule has 0 atom stereocenters. The van der Waals surface area contributed by atoms with Crippen LogP contribution in [0.2, 0.25) is 0 Å².